The van der Waals surface area contributed by atoms with Crippen molar-refractivity contribution in [2.24, 2.45) is 4.99 Å². The summed E-state index contributed by atoms with van der Waals surface area (Å²) in [5.41, 5.74) is 3.49. The molecule has 1 aromatic carbocycles. The summed E-state index contributed by atoms with van der Waals surface area (Å²) in [5, 5.41) is 0. The Kier molecular flexibility index (Phi) is 7.38. The topological polar surface area (TPSA) is 70.0 Å². The smallest absolute Gasteiger partial charge is 0.303 e. The first-order chi connectivity index (χ1) is 14.6. The third-order valence-electron chi connectivity index (χ3n) is 4.74. The van der Waals surface area contributed by atoms with E-state index in [0.717, 1.165) is 47.4 Å². The third-order valence-corrected chi connectivity index (χ3v) is 4.74. The van der Waals surface area contributed by atoms with Gasteiger partial charge in [-0.25, -0.2) is 4.98 Å². The molecule has 3 rings (SSSR count). The Morgan fingerprint density at radius 3 is 2.77 bits per heavy atom. The number of benzene rings is 1. The molecule has 1 aliphatic rings. The van der Waals surface area contributed by atoms with Crippen molar-refractivity contribution in [2.45, 2.75) is 39.2 Å². The van der Waals surface area contributed by atoms with Gasteiger partial charge in [-0.05, 0) is 56.0 Å². The lowest BCUT2D eigenvalue weighted by Gasteiger charge is -2.24. The van der Waals surface area contributed by atoms with Crippen molar-refractivity contribution in [2.75, 3.05) is 7.11 Å². The van der Waals surface area contributed by atoms with Crippen molar-refractivity contribution in [1.82, 2.24) is 4.98 Å². The highest BCUT2D eigenvalue weighted by Gasteiger charge is 2.24. The van der Waals surface area contributed by atoms with E-state index in [2.05, 4.69) is 9.98 Å². The standard InChI is InChI=1S/C24H26N2O4/c1-4-25-23-18(9-7-13-22(23)30-17(2)27)14-16-29-24-20(11-8-15-26-24)19-10-5-6-12-21(19)28-3/h4-6,8,10-12,14-16,22H,7,9,13H2,1-3H3/b16-14+,25-4-. The maximum atomic E-state index is 11.4. The van der Waals surface area contributed by atoms with Gasteiger partial charge < -0.3 is 14.2 Å². The summed E-state index contributed by atoms with van der Waals surface area (Å²) in [6.45, 7) is 3.26. The summed E-state index contributed by atoms with van der Waals surface area (Å²) in [5.74, 6) is 0.921. The number of methoxy groups -OCH3 is 1. The number of ether oxygens (including phenoxy) is 3. The van der Waals surface area contributed by atoms with Crippen LogP contribution in [0.5, 0.6) is 11.6 Å². The van der Waals surface area contributed by atoms with Gasteiger partial charge in [0, 0.05) is 30.5 Å². The lowest BCUT2D eigenvalue weighted by molar-refractivity contribution is -0.145. The molecule has 0 bridgehead atoms. The number of carbonyl (C=O) groups is 1. The summed E-state index contributed by atoms with van der Waals surface area (Å²) in [6.07, 6.45) is 9.07. The molecular weight excluding hydrogens is 380 g/mol. The highest BCUT2D eigenvalue weighted by molar-refractivity contribution is 5.74. The van der Waals surface area contributed by atoms with Gasteiger partial charge in [0.25, 0.3) is 0 Å². The van der Waals surface area contributed by atoms with Crippen LogP contribution < -0.4 is 9.47 Å². The average Bonchev–Trinajstić information content (AvgIpc) is 2.76. The first kappa shape index (κ1) is 21.3. The molecule has 6 nitrogen and oxygen atoms in total. The minimum Gasteiger partial charge on any atom is -0.496 e. The molecule has 0 radical (unpaired) electrons. The van der Waals surface area contributed by atoms with E-state index in [1.165, 1.54) is 6.92 Å². The zero-order valence-electron chi connectivity index (χ0n) is 17.5. The molecular formula is C24H26N2O4. The van der Waals surface area contributed by atoms with Crippen LogP contribution in [0.3, 0.4) is 0 Å². The molecule has 0 amide bonds. The van der Waals surface area contributed by atoms with Crippen LogP contribution in [-0.2, 0) is 9.53 Å². The Morgan fingerprint density at radius 1 is 1.20 bits per heavy atom. The van der Waals surface area contributed by atoms with E-state index in [-0.39, 0.29) is 12.1 Å². The van der Waals surface area contributed by atoms with E-state index in [4.69, 9.17) is 14.2 Å². The average molecular weight is 406 g/mol. The number of pyridine rings is 1. The SMILES string of the molecule is C/C=N\C1=C(/C=C/Oc2ncccc2-c2ccccc2OC)CCCC1OC(C)=O. The quantitative estimate of drug-likeness (QED) is 0.363. The van der Waals surface area contributed by atoms with Gasteiger partial charge in [-0.2, -0.15) is 0 Å². The number of carbonyl (C=O) groups excluding carboxylic acids is 1. The molecule has 30 heavy (non-hydrogen) atoms. The maximum Gasteiger partial charge on any atom is 0.303 e. The molecule has 0 fully saturated rings. The van der Waals surface area contributed by atoms with E-state index in [0.29, 0.717) is 5.88 Å². The van der Waals surface area contributed by atoms with Crippen LogP contribution in [0.4, 0.5) is 0 Å². The number of aliphatic imine (C=N–C) groups is 1. The van der Waals surface area contributed by atoms with E-state index >= 15 is 0 Å². The van der Waals surface area contributed by atoms with Crippen LogP contribution in [0.15, 0.2) is 71.2 Å². The lowest BCUT2D eigenvalue weighted by Crippen LogP contribution is -2.22. The van der Waals surface area contributed by atoms with Crippen molar-refractivity contribution < 1.29 is 19.0 Å². The van der Waals surface area contributed by atoms with Crippen molar-refractivity contribution in [3.8, 4) is 22.8 Å². The Balaban J connectivity index is 1.87. The van der Waals surface area contributed by atoms with Crippen molar-refractivity contribution >= 4 is 12.2 Å². The number of rotatable bonds is 7. The minimum atomic E-state index is -0.328. The summed E-state index contributed by atoms with van der Waals surface area (Å²) >= 11 is 0. The second kappa shape index (κ2) is 10.4. The van der Waals surface area contributed by atoms with Crippen LogP contribution in [0.1, 0.15) is 33.1 Å². The molecule has 2 aromatic rings. The lowest BCUT2D eigenvalue weighted by atomic mass is 9.94. The molecule has 0 saturated heterocycles. The van der Waals surface area contributed by atoms with E-state index in [9.17, 15) is 4.79 Å². The fraction of sp³-hybridized carbons (Fsp3) is 0.292. The van der Waals surface area contributed by atoms with Gasteiger partial charge in [0.2, 0.25) is 5.88 Å². The number of para-hydroxylation sites is 1. The number of hydrogen-bond donors (Lipinski definition) is 0. The van der Waals surface area contributed by atoms with E-state index < -0.39 is 0 Å². The van der Waals surface area contributed by atoms with Gasteiger partial charge in [0.15, 0.2) is 0 Å². The normalized spacial score (nSPS) is 16.8. The van der Waals surface area contributed by atoms with Crippen LogP contribution in [0, 0.1) is 0 Å². The molecule has 0 saturated carbocycles. The van der Waals surface area contributed by atoms with Gasteiger partial charge in [0.1, 0.15) is 11.9 Å². The van der Waals surface area contributed by atoms with Crippen LogP contribution >= 0.6 is 0 Å². The van der Waals surface area contributed by atoms with Crippen molar-refractivity contribution in [3.63, 3.8) is 0 Å². The zero-order valence-corrected chi connectivity index (χ0v) is 17.5. The molecule has 0 N–H and O–H groups in total. The number of allylic oxidation sites excluding steroid dienone is 2. The fourth-order valence-electron chi connectivity index (χ4n) is 3.48. The minimum absolute atomic E-state index is 0.305. The van der Waals surface area contributed by atoms with Gasteiger partial charge in [-0.3, -0.25) is 9.79 Å². The summed E-state index contributed by atoms with van der Waals surface area (Å²) < 4.78 is 16.8. The van der Waals surface area contributed by atoms with Gasteiger partial charge in [-0.15, -0.1) is 0 Å². The van der Waals surface area contributed by atoms with Crippen molar-refractivity contribution in [1.29, 1.82) is 0 Å². The van der Waals surface area contributed by atoms with Gasteiger partial charge in [0.05, 0.1) is 19.1 Å². The molecule has 1 atom stereocenters. The fourth-order valence-corrected chi connectivity index (χ4v) is 3.48. The summed E-state index contributed by atoms with van der Waals surface area (Å²) in [7, 11) is 1.64. The Hall–Kier alpha value is -3.41. The van der Waals surface area contributed by atoms with Gasteiger partial charge in [-0.1, -0.05) is 18.2 Å². The number of nitrogens with zero attached hydrogens (tertiary/aromatic N) is 2. The second-order valence-corrected chi connectivity index (χ2v) is 6.77. The zero-order chi connectivity index (χ0) is 21.3. The van der Waals surface area contributed by atoms with E-state index in [1.54, 1.807) is 25.8 Å². The first-order valence-electron chi connectivity index (χ1n) is 9.94. The largest absolute Gasteiger partial charge is 0.496 e. The molecule has 0 aliphatic heterocycles. The summed E-state index contributed by atoms with van der Waals surface area (Å²) in [6, 6.07) is 11.5. The molecule has 156 valence electrons. The third kappa shape index (κ3) is 5.14. The Labute approximate surface area is 176 Å². The predicted octanol–water partition coefficient (Wildman–Crippen LogP) is 5.11. The Morgan fingerprint density at radius 2 is 2.00 bits per heavy atom. The number of esters is 1. The molecule has 6 heteroatoms. The number of hydrogen-bond acceptors (Lipinski definition) is 6. The molecule has 1 heterocycles. The molecule has 1 unspecified atom stereocenters. The van der Waals surface area contributed by atoms with Crippen LogP contribution in [-0.4, -0.2) is 30.4 Å². The van der Waals surface area contributed by atoms with Crippen LogP contribution in [0.25, 0.3) is 11.1 Å². The maximum absolute atomic E-state index is 11.4. The van der Waals surface area contributed by atoms with Gasteiger partial charge >= 0.3 is 5.97 Å². The monoisotopic (exact) mass is 406 g/mol. The molecule has 1 aromatic heterocycles. The number of aromatic nitrogens is 1. The highest BCUT2D eigenvalue weighted by Crippen LogP contribution is 2.35. The Bertz CT molecular complexity index is 979. The molecule has 1 aliphatic carbocycles. The molecule has 0 spiro atoms. The van der Waals surface area contributed by atoms with E-state index in [1.807, 2.05) is 49.4 Å². The first-order valence-corrected chi connectivity index (χ1v) is 9.94. The second-order valence-electron chi connectivity index (χ2n) is 6.77. The summed E-state index contributed by atoms with van der Waals surface area (Å²) in [4.78, 5) is 20.3. The predicted molar refractivity (Wildman–Crippen MR) is 117 cm³/mol. The van der Waals surface area contributed by atoms with Crippen molar-refractivity contribution in [3.05, 3.63) is 66.2 Å². The van der Waals surface area contributed by atoms with Crippen LogP contribution in [0.2, 0.25) is 0 Å². The highest BCUT2D eigenvalue weighted by atomic mass is 16.5.